The van der Waals surface area contributed by atoms with E-state index in [0.717, 1.165) is 24.6 Å². The summed E-state index contributed by atoms with van der Waals surface area (Å²) in [6.07, 6.45) is 5.64. The van der Waals surface area contributed by atoms with E-state index in [1.807, 2.05) is 0 Å². The number of benzene rings is 2. The van der Waals surface area contributed by atoms with Gasteiger partial charge in [0.05, 0.1) is 0 Å². The lowest BCUT2D eigenvalue weighted by Crippen LogP contribution is -2.03. The Morgan fingerprint density at radius 1 is 1.12 bits per heavy atom. The maximum Gasteiger partial charge on any atom is 0.126 e. The van der Waals surface area contributed by atoms with Crippen molar-refractivity contribution in [2.24, 2.45) is 0 Å². The second-order valence-corrected chi connectivity index (χ2v) is 4.98. The maximum absolute atomic E-state index is 10.4. The van der Waals surface area contributed by atoms with Gasteiger partial charge in [-0.2, -0.15) is 0 Å². The maximum atomic E-state index is 10.4. The first kappa shape index (κ1) is 10.6. The lowest BCUT2D eigenvalue weighted by Gasteiger charge is -2.19. The Kier molecular flexibility index (Phi) is 2.54. The van der Waals surface area contributed by atoms with E-state index in [4.69, 9.17) is 0 Å². The van der Waals surface area contributed by atoms with Crippen molar-refractivity contribution in [2.45, 2.75) is 39.0 Å². The Balaban J connectivity index is 2.28. The van der Waals surface area contributed by atoms with E-state index >= 15 is 0 Å². The van der Waals surface area contributed by atoms with Crippen LogP contribution in [0.15, 0.2) is 24.3 Å². The molecule has 0 aromatic heterocycles. The van der Waals surface area contributed by atoms with Gasteiger partial charge < -0.3 is 5.11 Å². The summed E-state index contributed by atoms with van der Waals surface area (Å²) in [5.74, 6) is 0.535. The van der Waals surface area contributed by atoms with E-state index in [2.05, 4.69) is 31.2 Å². The van der Waals surface area contributed by atoms with Gasteiger partial charge in [-0.25, -0.2) is 0 Å². The number of phenols is 1. The van der Waals surface area contributed by atoms with Crippen molar-refractivity contribution in [3.8, 4) is 5.75 Å². The Labute approximate surface area is 102 Å². The summed E-state index contributed by atoms with van der Waals surface area (Å²) in [6.45, 7) is 2.15. The van der Waals surface area contributed by atoms with Crippen molar-refractivity contribution in [1.82, 2.24) is 0 Å². The van der Waals surface area contributed by atoms with Crippen molar-refractivity contribution in [1.29, 1.82) is 0 Å². The standard InChI is InChI=1S/C16H18O/c1-2-11-7-8-13-10-12-5-3-4-6-14(12)16(17)15(13)9-11/h7-10,17H,2-6H2,1H3. The summed E-state index contributed by atoms with van der Waals surface area (Å²) >= 11 is 0. The van der Waals surface area contributed by atoms with Crippen LogP contribution in [0.3, 0.4) is 0 Å². The zero-order valence-corrected chi connectivity index (χ0v) is 10.3. The van der Waals surface area contributed by atoms with Gasteiger partial charge in [0.25, 0.3) is 0 Å². The summed E-state index contributed by atoms with van der Waals surface area (Å²) in [5.41, 5.74) is 3.84. The van der Waals surface area contributed by atoms with E-state index in [0.29, 0.717) is 5.75 Å². The third kappa shape index (κ3) is 1.70. The highest BCUT2D eigenvalue weighted by Crippen LogP contribution is 2.36. The fraction of sp³-hybridized carbons (Fsp3) is 0.375. The highest BCUT2D eigenvalue weighted by atomic mass is 16.3. The van der Waals surface area contributed by atoms with Crippen LogP contribution in [0.5, 0.6) is 5.75 Å². The third-order valence-electron chi connectivity index (χ3n) is 3.91. The van der Waals surface area contributed by atoms with E-state index in [1.54, 1.807) is 0 Å². The summed E-state index contributed by atoms with van der Waals surface area (Å²) < 4.78 is 0. The van der Waals surface area contributed by atoms with Gasteiger partial charge in [-0.05, 0) is 60.2 Å². The number of rotatable bonds is 1. The molecule has 1 N–H and O–H groups in total. The summed E-state index contributed by atoms with van der Waals surface area (Å²) in [4.78, 5) is 0. The second-order valence-electron chi connectivity index (χ2n) is 4.98. The van der Waals surface area contributed by atoms with Crippen molar-refractivity contribution in [3.05, 3.63) is 41.0 Å². The van der Waals surface area contributed by atoms with Crippen LogP contribution in [0.1, 0.15) is 36.5 Å². The minimum Gasteiger partial charge on any atom is -0.507 e. The third-order valence-corrected chi connectivity index (χ3v) is 3.91. The zero-order valence-electron chi connectivity index (χ0n) is 10.3. The quantitative estimate of drug-likeness (QED) is 0.779. The predicted octanol–water partition coefficient (Wildman–Crippen LogP) is 3.99. The van der Waals surface area contributed by atoms with E-state index in [-0.39, 0.29) is 0 Å². The smallest absolute Gasteiger partial charge is 0.126 e. The van der Waals surface area contributed by atoms with Gasteiger partial charge in [0.15, 0.2) is 0 Å². The molecule has 0 heterocycles. The average Bonchev–Trinajstić information content (AvgIpc) is 2.39. The fourth-order valence-corrected chi connectivity index (χ4v) is 2.86. The number of fused-ring (bicyclic) bond motifs is 2. The van der Waals surface area contributed by atoms with Crippen molar-refractivity contribution in [3.63, 3.8) is 0 Å². The molecule has 0 atom stereocenters. The normalized spacial score (nSPS) is 14.9. The first-order valence-corrected chi connectivity index (χ1v) is 6.56. The molecule has 2 aromatic carbocycles. The number of aromatic hydroxyl groups is 1. The van der Waals surface area contributed by atoms with Gasteiger partial charge in [-0.1, -0.05) is 25.1 Å². The molecule has 1 aliphatic rings. The Morgan fingerprint density at radius 3 is 2.76 bits per heavy atom. The molecule has 0 saturated heterocycles. The number of aryl methyl sites for hydroxylation is 2. The second kappa shape index (κ2) is 4.06. The van der Waals surface area contributed by atoms with Crippen LogP contribution < -0.4 is 0 Å². The SMILES string of the molecule is CCc1ccc2cc3c(c(O)c2c1)CCCC3. The summed E-state index contributed by atoms with van der Waals surface area (Å²) in [5, 5.41) is 12.6. The number of hydrogen-bond donors (Lipinski definition) is 1. The van der Waals surface area contributed by atoms with Crippen molar-refractivity contribution in [2.75, 3.05) is 0 Å². The molecule has 1 nitrogen and oxygen atoms in total. The van der Waals surface area contributed by atoms with E-state index in [9.17, 15) is 5.11 Å². The lowest BCUT2D eigenvalue weighted by atomic mass is 9.88. The van der Waals surface area contributed by atoms with Crippen LogP contribution in [0.2, 0.25) is 0 Å². The molecule has 2 aromatic rings. The molecule has 1 aliphatic carbocycles. The van der Waals surface area contributed by atoms with Crippen LogP contribution in [0.25, 0.3) is 10.8 Å². The average molecular weight is 226 g/mol. The number of hydrogen-bond acceptors (Lipinski definition) is 1. The highest BCUT2D eigenvalue weighted by molar-refractivity contribution is 5.91. The van der Waals surface area contributed by atoms with Crippen LogP contribution in [0.4, 0.5) is 0 Å². The molecule has 88 valence electrons. The molecule has 0 aliphatic heterocycles. The molecule has 0 spiro atoms. The van der Waals surface area contributed by atoms with E-state index in [1.165, 1.54) is 34.9 Å². The summed E-state index contributed by atoms with van der Waals surface area (Å²) in [6, 6.07) is 8.71. The monoisotopic (exact) mass is 226 g/mol. The molecule has 0 bridgehead atoms. The van der Waals surface area contributed by atoms with Gasteiger partial charge in [-0.3, -0.25) is 0 Å². The number of phenolic OH excluding ortho intramolecular Hbond substituents is 1. The minimum atomic E-state index is 0.535. The van der Waals surface area contributed by atoms with Crippen LogP contribution in [-0.2, 0) is 19.3 Å². The Morgan fingerprint density at radius 2 is 1.94 bits per heavy atom. The lowest BCUT2D eigenvalue weighted by molar-refractivity contribution is 0.468. The fourth-order valence-electron chi connectivity index (χ4n) is 2.86. The van der Waals surface area contributed by atoms with Gasteiger partial charge in [0.2, 0.25) is 0 Å². The molecule has 17 heavy (non-hydrogen) atoms. The van der Waals surface area contributed by atoms with Crippen molar-refractivity contribution < 1.29 is 5.11 Å². The summed E-state index contributed by atoms with van der Waals surface area (Å²) in [7, 11) is 0. The Bertz CT molecular complexity index is 569. The predicted molar refractivity (Wildman–Crippen MR) is 71.6 cm³/mol. The molecule has 0 amide bonds. The van der Waals surface area contributed by atoms with Gasteiger partial charge >= 0.3 is 0 Å². The molecular weight excluding hydrogens is 208 g/mol. The molecule has 0 unspecified atom stereocenters. The highest BCUT2D eigenvalue weighted by Gasteiger charge is 2.16. The first-order valence-electron chi connectivity index (χ1n) is 6.56. The van der Waals surface area contributed by atoms with Crippen LogP contribution in [-0.4, -0.2) is 5.11 Å². The van der Waals surface area contributed by atoms with Gasteiger partial charge in [-0.15, -0.1) is 0 Å². The zero-order chi connectivity index (χ0) is 11.8. The molecule has 0 radical (unpaired) electrons. The first-order chi connectivity index (χ1) is 8.29. The molecular formula is C16H18O. The van der Waals surface area contributed by atoms with Gasteiger partial charge in [0, 0.05) is 5.39 Å². The molecule has 3 rings (SSSR count). The van der Waals surface area contributed by atoms with Crippen molar-refractivity contribution >= 4 is 10.8 Å². The largest absolute Gasteiger partial charge is 0.507 e. The Hall–Kier alpha value is -1.50. The van der Waals surface area contributed by atoms with Gasteiger partial charge in [0.1, 0.15) is 5.75 Å². The molecule has 0 fully saturated rings. The van der Waals surface area contributed by atoms with E-state index < -0.39 is 0 Å². The van der Waals surface area contributed by atoms with Crippen LogP contribution >= 0.6 is 0 Å². The molecule has 0 saturated carbocycles. The topological polar surface area (TPSA) is 20.2 Å². The molecule has 1 heteroatoms. The van der Waals surface area contributed by atoms with Crippen LogP contribution in [0, 0.1) is 0 Å². The minimum absolute atomic E-state index is 0.535.